The van der Waals surface area contributed by atoms with Gasteiger partial charge in [-0.1, -0.05) is 24.3 Å². The van der Waals surface area contributed by atoms with E-state index >= 15 is 0 Å². The van der Waals surface area contributed by atoms with Gasteiger partial charge in [-0.3, -0.25) is 4.79 Å². The van der Waals surface area contributed by atoms with Gasteiger partial charge in [-0.2, -0.15) is 0 Å². The van der Waals surface area contributed by atoms with Crippen molar-refractivity contribution >= 4 is 11.8 Å². The van der Waals surface area contributed by atoms with E-state index in [0.29, 0.717) is 5.69 Å². The molecule has 0 atom stereocenters. The minimum Gasteiger partial charge on any atom is -0.314 e. The van der Waals surface area contributed by atoms with E-state index in [1.807, 2.05) is 28.8 Å². The van der Waals surface area contributed by atoms with Gasteiger partial charge in [-0.05, 0) is 48.7 Å². The SMILES string of the molecule is Cc1ccc(-c2cc3cccc(C=O)n3c2)cc1C. The molecule has 3 aromatic rings. The van der Waals surface area contributed by atoms with E-state index in [2.05, 4.69) is 38.1 Å². The number of fused-ring (bicyclic) bond motifs is 1. The van der Waals surface area contributed by atoms with Crippen LogP contribution in [-0.4, -0.2) is 10.7 Å². The normalized spacial score (nSPS) is 10.8. The second-order valence-corrected chi connectivity index (χ2v) is 4.89. The molecule has 0 aliphatic carbocycles. The number of hydrogen-bond donors (Lipinski definition) is 0. The predicted octanol–water partition coefficient (Wildman–Crippen LogP) is 4.04. The molecular weight excluding hydrogens is 234 g/mol. The molecule has 2 aromatic heterocycles. The van der Waals surface area contributed by atoms with Crippen LogP contribution in [0.15, 0.2) is 48.7 Å². The summed E-state index contributed by atoms with van der Waals surface area (Å²) in [5.74, 6) is 0. The first-order valence-corrected chi connectivity index (χ1v) is 6.33. The number of aldehydes is 1. The molecule has 0 aliphatic rings. The molecule has 0 amide bonds. The average Bonchev–Trinajstić information content (AvgIpc) is 2.85. The number of aromatic nitrogens is 1. The van der Waals surface area contributed by atoms with Gasteiger partial charge in [-0.15, -0.1) is 0 Å². The summed E-state index contributed by atoms with van der Waals surface area (Å²) in [6, 6.07) is 14.3. The van der Waals surface area contributed by atoms with Crippen molar-refractivity contribution in [1.82, 2.24) is 4.40 Å². The molecule has 0 spiro atoms. The van der Waals surface area contributed by atoms with Crippen LogP contribution in [0.5, 0.6) is 0 Å². The van der Waals surface area contributed by atoms with Crippen LogP contribution in [0.4, 0.5) is 0 Å². The zero-order chi connectivity index (χ0) is 13.4. The lowest BCUT2D eigenvalue weighted by atomic mass is 10.0. The molecule has 0 aliphatic heterocycles. The molecule has 1 aromatic carbocycles. The van der Waals surface area contributed by atoms with Crippen LogP contribution in [0.3, 0.4) is 0 Å². The van der Waals surface area contributed by atoms with Crippen molar-refractivity contribution in [2.75, 3.05) is 0 Å². The van der Waals surface area contributed by atoms with E-state index in [4.69, 9.17) is 0 Å². The molecule has 0 saturated heterocycles. The van der Waals surface area contributed by atoms with Crippen LogP contribution < -0.4 is 0 Å². The summed E-state index contributed by atoms with van der Waals surface area (Å²) in [7, 11) is 0. The van der Waals surface area contributed by atoms with Gasteiger partial charge in [-0.25, -0.2) is 0 Å². The third-order valence-electron chi connectivity index (χ3n) is 3.62. The van der Waals surface area contributed by atoms with E-state index in [1.54, 1.807) is 0 Å². The lowest BCUT2D eigenvalue weighted by Gasteiger charge is -2.02. The maximum absolute atomic E-state index is 11.0. The average molecular weight is 249 g/mol. The first-order valence-electron chi connectivity index (χ1n) is 6.33. The Morgan fingerprint density at radius 2 is 1.79 bits per heavy atom. The number of nitrogens with zero attached hydrogens (tertiary/aromatic N) is 1. The van der Waals surface area contributed by atoms with Crippen molar-refractivity contribution in [3.63, 3.8) is 0 Å². The van der Waals surface area contributed by atoms with Crippen molar-refractivity contribution in [2.24, 2.45) is 0 Å². The lowest BCUT2D eigenvalue weighted by molar-refractivity contribution is 0.111. The summed E-state index contributed by atoms with van der Waals surface area (Å²) in [5.41, 5.74) is 6.61. The second-order valence-electron chi connectivity index (χ2n) is 4.89. The van der Waals surface area contributed by atoms with Crippen molar-refractivity contribution in [1.29, 1.82) is 0 Å². The fourth-order valence-electron chi connectivity index (χ4n) is 2.33. The quantitative estimate of drug-likeness (QED) is 0.628. The molecule has 19 heavy (non-hydrogen) atoms. The number of hydrogen-bond acceptors (Lipinski definition) is 1. The highest BCUT2D eigenvalue weighted by atomic mass is 16.1. The van der Waals surface area contributed by atoms with Crippen LogP contribution in [0.25, 0.3) is 16.6 Å². The van der Waals surface area contributed by atoms with Crippen molar-refractivity contribution in [2.45, 2.75) is 13.8 Å². The number of benzene rings is 1. The molecule has 0 N–H and O–H groups in total. The first-order chi connectivity index (χ1) is 9.19. The van der Waals surface area contributed by atoms with Gasteiger partial charge in [0.15, 0.2) is 6.29 Å². The monoisotopic (exact) mass is 249 g/mol. The Balaban J connectivity index is 2.20. The van der Waals surface area contributed by atoms with Gasteiger partial charge >= 0.3 is 0 Å². The number of rotatable bonds is 2. The Morgan fingerprint density at radius 1 is 0.947 bits per heavy atom. The van der Waals surface area contributed by atoms with Crippen molar-refractivity contribution < 1.29 is 4.79 Å². The fourth-order valence-corrected chi connectivity index (χ4v) is 2.33. The molecule has 2 nitrogen and oxygen atoms in total. The van der Waals surface area contributed by atoms with Gasteiger partial charge in [0.2, 0.25) is 0 Å². The van der Waals surface area contributed by atoms with E-state index < -0.39 is 0 Å². The molecule has 2 heteroatoms. The molecular formula is C17H15NO. The molecule has 0 bridgehead atoms. The van der Waals surface area contributed by atoms with Gasteiger partial charge < -0.3 is 4.40 Å². The number of carbonyl (C=O) groups excluding carboxylic acids is 1. The summed E-state index contributed by atoms with van der Waals surface area (Å²) in [4.78, 5) is 11.0. The minimum absolute atomic E-state index is 0.674. The summed E-state index contributed by atoms with van der Waals surface area (Å²) < 4.78 is 1.93. The first kappa shape index (κ1) is 11.7. The molecule has 0 radical (unpaired) electrons. The Bertz CT molecular complexity index is 768. The molecule has 2 heterocycles. The van der Waals surface area contributed by atoms with Gasteiger partial charge in [0.25, 0.3) is 0 Å². The van der Waals surface area contributed by atoms with E-state index in [1.165, 1.54) is 16.7 Å². The maximum Gasteiger partial charge on any atom is 0.166 e. The van der Waals surface area contributed by atoms with Crippen molar-refractivity contribution in [3.05, 3.63) is 65.5 Å². The summed E-state index contributed by atoms with van der Waals surface area (Å²) in [6.07, 6.45) is 2.90. The molecule has 0 fully saturated rings. The highest BCUT2D eigenvalue weighted by Crippen LogP contribution is 2.25. The summed E-state index contributed by atoms with van der Waals surface area (Å²) in [6.45, 7) is 4.23. The van der Waals surface area contributed by atoms with E-state index in [9.17, 15) is 4.79 Å². The third kappa shape index (κ3) is 1.95. The largest absolute Gasteiger partial charge is 0.314 e. The predicted molar refractivity (Wildman–Crippen MR) is 77.7 cm³/mol. The fraction of sp³-hybridized carbons (Fsp3) is 0.118. The second kappa shape index (κ2) is 4.39. The Kier molecular flexibility index (Phi) is 2.71. The summed E-state index contributed by atoms with van der Waals surface area (Å²) in [5, 5.41) is 0. The maximum atomic E-state index is 11.0. The Labute approximate surface area is 112 Å². The summed E-state index contributed by atoms with van der Waals surface area (Å²) >= 11 is 0. The number of aryl methyl sites for hydroxylation is 2. The van der Waals surface area contributed by atoms with Gasteiger partial charge in [0.05, 0.1) is 5.69 Å². The molecule has 3 rings (SSSR count). The van der Waals surface area contributed by atoms with Crippen LogP contribution in [-0.2, 0) is 0 Å². The van der Waals surface area contributed by atoms with Crippen LogP contribution in [0.2, 0.25) is 0 Å². The van der Waals surface area contributed by atoms with Crippen molar-refractivity contribution in [3.8, 4) is 11.1 Å². The molecule has 0 saturated carbocycles. The third-order valence-corrected chi connectivity index (χ3v) is 3.62. The highest BCUT2D eigenvalue weighted by Gasteiger charge is 2.05. The highest BCUT2D eigenvalue weighted by molar-refractivity contribution is 5.78. The minimum atomic E-state index is 0.674. The zero-order valence-electron chi connectivity index (χ0n) is 11.1. The standard InChI is InChI=1S/C17H15NO/c1-12-6-7-14(8-13(12)2)15-9-16-4-3-5-17(11-19)18(16)10-15/h3-11H,1-2H3. The number of carbonyl (C=O) groups is 1. The zero-order valence-corrected chi connectivity index (χ0v) is 11.1. The smallest absolute Gasteiger partial charge is 0.166 e. The van der Waals surface area contributed by atoms with Crippen LogP contribution >= 0.6 is 0 Å². The van der Waals surface area contributed by atoms with E-state index in [-0.39, 0.29) is 0 Å². The van der Waals surface area contributed by atoms with Gasteiger partial charge in [0.1, 0.15) is 0 Å². The van der Waals surface area contributed by atoms with E-state index in [0.717, 1.165) is 17.4 Å². The molecule has 94 valence electrons. The van der Waals surface area contributed by atoms with Gasteiger partial charge in [0, 0.05) is 17.3 Å². The Morgan fingerprint density at radius 3 is 2.53 bits per heavy atom. The lowest BCUT2D eigenvalue weighted by Crippen LogP contribution is -1.91. The number of pyridine rings is 1. The van der Waals surface area contributed by atoms with Crippen LogP contribution in [0, 0.1) is 13.8 Å². The molecule has 0 unspecified atom stereocenters. The Hall–Kier alpha value is -2.35. The topological polar surface area (TPSA) is 21.5 Å². The van der Waals surface area contributed by atoms with Crippen LogP contribution in [0.1, 0.15) is 21.6 Å².